The van der Waals surface area contributed by atoms with E-state index in [0.717, 1.165) is 43.5 Å². The third-order valence-corrected chi connectivity index (χ3v) is 4.48. The number of amides is 1. The van der Waals surface area contributed by atoms with Gasteiger partial charge in [0.1, 0.15) is 0 Å². The summed E-state index contributed by atoms with van der Waals surface area (Å²) in [5.41, 5.74) is 4.72. The molecule has 2 aromatic carbocycles. The molecule has 0 aliphatic heterocycles. The summed E-state index contributed by atoms with van der Waals surface area (Å²) in [6, 6.07) is 12.5. The first kappa shape index (κ1) is 16.8. The summed E-state index contributed by atoms with van der Waals surface area (Å²) in [5, 5.41) is 32.4. The molecule has 6 heteroatoms. The van der Waals surface area contributed by atoms with Gasteiger partial charge in [-0.25, -0.2) is 5.43 Å². The number of hydrogen-bond donors (Lipinski definition) is 4. The van der Waals surface area contributed by atoms with Crippen LogP contribution in [0.5, 0.6) is 17.2 Å². The van der Waals surface area contributed by atoms with Gasteiger partial charge in [0.05, 0.1) is 0 Å². The quantitative estimate of drug-likeness (QED) is 0.509. The Labute approximate surface area is 145 Å². The summed E-state index contributed by atoms with van der Waals surface area (Å²) >= 11 is 0. The highest BCUT2D eigenvalue weighted by Crippen LogP contribution is 2.35. The van der Waals surface area contributed by atoms with Crippen LogP contribution in [0, 0.1) is 0 Å². The Morgan fingerprint density at radius 1 is 1.00 bits per heavy atom. The molecule has 0 radical (unpaired) electrons. The number of hydrazone groups is 1. The van der Waals surface area contributed by atoms with E-state index < -0.39 is 23.2 Å². The molecule has 4 N–H and O–H groups in total. The highest BCUT2D eigenvalue weighted by molar-refractivity contribution is 5.96. The average Bonchev–Trinajstić information content (AvgIpc) is 2.65. The van der Waals surface area contributed by atoms with E-state index in [4.69, 9.17) is 0 Å². The average molecular weight is 340 g/mol. The molecule has 3 rings (SSSR count). The van der Waals surface area contributed by atoms with Gasteiger partial charge in [0.15, 0.2) is 17.2 Å². The molecule has 25 heavy (non-hydrogen) atoms. The Kier molecular flexibility index (Phi) is 4.88. The van der Waals surface area contributed by atoms with Gasteiger partial charge in [-0.3, -0.25) is 4.79 Å². The number of hydrogen-bond acceptors (Lipinski definition) is 5. The van der Waals surface area contributed by atoms with Crippen LogP contribution in [-0.4, -0.2) is 26.9 Å². The van der Waals surface area contributed by atoms with Gasteiger partial charge in [-0.1, -0.05) is 30.3 Å². The standard InChI is InChI=1S/C19H20N2O4/c22-16-10-14(11-17(23)18(16)24)19(25)21-20-15-8-6-13(7-9-15)12-4-2-1-3-5-12/h1-5,10-11,13,22-24H,6-9H2,(H,21,25). The highest BCUT2D eigenvalue weighted by Gasteiger charge is 2.19. The van der Waals surface area contributed by atoms with E-state index in [1.807, 2.05) is 18.2 Å². The molecule has 0 saturated heterocycles. The zero-order valence-corrected chi connectivity index (χ0v) is 13.6. The van der Waals surface area contributed by atoms with Crippen molar-refractivity contribution >= 4 is 11.6 Å². The summed E-state index contributed by atoms with van der Waals surface area (Å²) in [6.07, 6.45) is 3.59. The number of benzene rings is 2. The number of phenols is 3. The van der Waals surface area contributed by atoms with Crippen LogP contribution in [0.2, 0.25) is 0 Å². The summed E-state index contributed by atoms with van der Waals surface area (Å²) < 4.78 is 0. The van der Waals surface area contributed by atoms with Crippen LogP contribution in [-0.2, 0) is 0 Å². The Bertz CT molecular complexity index is 769. The van der Waals surface area contributed by atoms with Crippen molar-refractivity contribution in [1.82, 2.24) is 5.43 Å². The van der Waals surface area contributed by atoms with Crippen LogP contribution in [0.1, 0.15) is 47.5 Å². The van der Waals surface area contributed by atoms with E-state index in [0.29, 0.717) is 5.92 Å². The van der Waals surface area contributed by atoms with Crippen molar-refractivity contribution in [2.75, 3.05) is 0 Å². The predicted molar refractivity (Wildman–Crippen MR) is 94.0 cm³/mol. The summed E-state index contributed by atoms with van der Waals surface area (Å²) in [5.74, 6) is -1.80. The first-order chi connectivity index (χ1) is 12.0. The maximum atomic E-state index is 12.1. The van der Waals surface area contributed by atoms with Crippen molar-refractivity contribution in [3.05, 3.63) is 53.6 Å². The van der Waals surface area contributed by atoms with Crippen molar-refractivity contribution in [3.63, 3.8) is 0 Å². The number of carbonyl (C=O) groups excluding carboxylic acids is 1. The van der Waals surface area contributed by atoms with Gasteiger partial charge in [0.25, 0.3) is 5.91 Å². The molecule has 1 aliphatic carbocycles. The molecule has 2 aromatic rings. The number of nitrogens with one attached hydrogen (secondary N) is 1. The lowest BCUT2D eigenvalue weighted by Crippen LogP contribution is -2.22. The number of nitrogens with zero attached hydrogens (tertiary/aromatic N) is 1. The molecule has 130 valence electrons. The summed E-state index contributed by atoms with van der Waals surface area (Å²) in [7, 11) is 0. The van der Waals surface area contributed by atoms with Gasteiger partial charge in [0, 0.05) is 11.3 Å². The molecule has 1 saturated carbocycles. The smallest absolute Gasteiger partial charge is 0.271 e. The molecule has 0 spiro atoms. The fraction of sp³-hybridized carbons (Fsp3) is 0.263. The number of carbonyl (C=O) groups is 1. The first-order valence-electron chi connectivity index (χ1n) is 8.20. The molecule has 0 heterocycles. The molecular formula is C19H20N2O4. The number of phenolic OH excluding ortho intramolecular Hbond substituents is 3. The van der Waals surface area contributed by atoms with E-state index >= 15 is 0 Å². The SMILES string of the molecule is O=C(NN=C1CCC(c2ccccc2)CC1)c1cc(O)c(O)c(O)c1. The lowest BCUT2D eigenvalue weighted by molar-refractivity contribution is 0.0953. The Hall–Kier alpha value is -3.02. The van der Waals surface area contributed by atoms with Crippen molar-refractivity contribution in [3.8, 4) is 17.2 Å². The molecule has 0 aromatic heterocycles. The molecule has 1 amide bonds. The second kappa shape index (κ2) is 7.25. The van der Waals surface area contributed by atoms with Crippen molar-refractivity contribution in [1.29, 1.82) is 0 Å². The zero-order valence-electron chi connectivity index (χ0n) is 13.6. The fourth-order valence-corrected chi connectivity index (χ4v) is 3.05. The fourth-order valence-electron chi connectivity index (χ4n) is 3.05. The van der Waals surface area contributed by atoms with Crippen LogP contribution in [0.4, 0.5) is 0 Å². The first-order valence-corrected chi connectivity index (χ1v) is 8.20. The third-order valence-electron chi connectivity index (χ3n) is 4.48. The van der Waals surface area contributed by atoms with Gasteiger partial charge in [-0.2, -0.15) is 5.10 Å². The Morgan fingerprint density at radius 2 is 1.60 bits per heavy atom. The van der Waals surface area contributed by atoms with Crippen molar-refractivity contribution < 1.29 is 20.1 Å². The van der Waals surface area contributed by atoms with E-state index in [9.17, 15) is 20.1 Å². The van der Waals surface area contributed by atoms with Crippen LogP contribution < -0.4 is 5.43 Å². The largest absolute Gasteiger partial charge is 0.504 e. The van der Waals surface area contributed by atoms with Crippen molar-refractivity contribution in [2.24, 2.45) is 5.10 Å². The molecule has 1 aliphatic rings. The van der Waals surface area contributed by atoms with Crippen LogP contribution in [0.15, 0.2) is 47.6 Å². The van der Waals surface area contributed by atoms with E-state index in [-0.39, 0.29) is 5.56 Å². The zero-order chi connectivity index (χ0) is 17.8. The highest BCUT2D eigenvalue weighted by atomic mass is 16.3. The molecule has 0 atom stereocenters. The van der Waals surface area contributed by atoms with Crippen molar-refractivity contribution in [2.45, 2.75) is 31.6 Å². The maximum absolute atomic E-state index is 12.1. The second-order valence-electron chi connectivity index (χ2n) is 6.17. The van der Waals surface area contributed by atoms with E-state index in [1.165, 1.54) is 5.56 Å². The van der Waals surface area contributed by atoms with Crippen LogP contribution in [0.3, 0.4) is 0 Å². The maximum Gasteiger partial charge on any atom is 0.271 e. The molecular weight excluding hydrogens is 320 g/mol. The Balaban J connectivity index is 1.59. The lowest BCUT2D eigenvalue weighted by atomic mass is 9.83. The summed E-state index contributed by atoms with van der Waals surface area (Å²) in [6.45, 7) is 0. The van der Waals surface area contributed by atoms with Gasteiger partial charge in [-0.15, -0.1) is 0 Å². The Morgan fingerprint density at radius 3 is 2.20 bits per heavy atom. The molecule has 6 nitrogen and oxygen atoms in total. The van der Waals surface area contributed by atoms with Gasteiger partial charge >= 0.3 is 0 Å². The molecule has 1 fully saturated rings. The number of rotatable bonds is 3. The lowest BCUT2D eigenvalue weighted by Gasteiger charge is -2.23. The van der Waals surface area contributed by atoms with E-state index in [2.05, 4.69) is 22.7 Å². The predicted octanol–water partition coefficient (Wildman–Crippen LogP) is 3.25. The monoisotopic (exact) mass is 340 g/mol. The van der Waals surface area contributed by atoms with Gasteiger partial charge in [0.2, 0.25) is 0 Å². The molecule has 0 unspecified atom stereocenters. The minimum atomic E-state index is -0.651. The van der Waals surface area contributed by atoms with Gasteiger partial charge in [-0.05, 0) is 49.3 Å². The normalized spacial score (nSPS) is 17.1. The minimum Gasteiger partial charge on any atom is -0.504 e. The topological polar surface area (TPSA) is 102 Å². The second-order valence-corrected chi connectivity index (χ2v) is 6.17. The number of aromatic hydroxyl groups is 3. The van der Waals surface area contributed by atoms with E-state index in [1.54, 1.807) is 0 Å². The van der Waals surface area contributed by atoms with Gasteiger partial charge < -0.3 is 15.3 Å². The minimum absolute atomic E-state index is 0.0233. The molecule has 0 bridgehead atoms. The van der Waals surface area contributed by atoms with Crippen LogP contribution >= 0.6 is 0 Å². The third kappa shape index (κ3) is 3.91. The van der Waals surface area contributed by atoms with Crippen LogP contribution in [0.25, 0.3) is 0 Å². The summed E-state index contributed by atoms with van der Waals surface area (Å²) in [4.78, 5) is 12.1.